The first-order chi connectivity index (χ1) is 9.11. The number of methoxy groups -OCH3 is 1. The molecule has 2 rings (SSSR count). The number of hydrogen-bond acceptors (Lipinski definition) is 6. The van der Waals surface area contributed by atoms with E-state index in [-0.39, 0.29) is 10.8 Å². The molecule has 2 N–H and O–H groups in total. The fourth-order valence-corrected chi connectivity index (χ4v) is 2.08. The second-order valence-electron chi connectivity index (χ2n) is 3.53. The second-order valence-corrected chi connectivity index (χ2v) is 4.49. The van der Waals surface area contributed by atoms with Gasteiger partial charge in [0.2, 0.25) is 11.6 Å². The zero-order valence-corrected chi connectivity index (χ0v) is 10.8. The Bertz CT molecular complexity index is 582. The highest BCUT2D eigenvalue weighted by Crippen LogP contribution is 2.23. The van der Waals surface area contributed by atoms with Crippen molar-refractivity contribution in [2.45, 2.75) is 5.03 Å². The van der Waals surface area contributed by atoms with Crippen LogP contribution in [0.2, 0.25) is 0 Å². The number of nitrogens with zero attached hydrogens (tertiary/aromatic N) is 2. The maximum atomic E-state index is 11.5. The minimum absolute atomic E-state index is 0.0212. The standard InChI is InChI=1S/C11H11N3O4S/c1-17-8-4-2-7(3-5-8)14-10(11(16)18-13-14)19-6-9(12)15/h2-5H,6H2,1H3,(H2-,12,13,15,16). The van der Waals surface area contributed by atoms with Crippen molar-refractivity contribution < 1.29 is 23.8 Å². The summed E-state index contributed by atoms with van der Waals surface area (Å²) in [6, 6.07) is 6.89. The third-order valence-electron chi connectivity index (χ3n) is 2.24. The molecule has 2 aromatic rings. The van der Waals surface area contributed by atoms with Crippen LogP contribution in [-0.4, -0.2) is 24.0 Å². The van der Waals surface area contributed by atoms with Crippen LogP contribution in [0.4, 0.5) is 0 Å². The first-order valence-corrected chi connectivity index (χ1v) is 6.25. The smallest absolute Gasteiger partial charge is 0.298 e. The van der Waals surface area contributed by atoms with Crippen LogP contribution in [0.1, 0.15) is 0 Å². The molecular weight excluding hydrogens is 270 g/mol. The Labute approximate surface area is 112 Å². The molecule has 0 aliphatic carbocycles. The van der Waals surface area contributed by atoms with Crippen molar-refractivity contribution >= 4 is 17.7 Å². The Morgan fingerprint density at radius 1 is 1.53 bits per heavy atom. The van der Waals surface area contributed by atoms with Gasteiger partial charge in [-0.15, -0.1) is 0 Å². The molecule has 0 unspecified atom stereocenters. The van der Waals surface area contributed by atoms with Gasteiger partial charge in [-0.3, -0.25) is 4.79 Å². The highest BCUT2D eigenvalue weighted by atomic mass is 32.2. The number of amides is 1. The Balaban J connectivity index is 2.30. The third-order valence-corrected chi connectivity index (χ3v) is 3.28. The lowest BCUT2D eigenvalue weighted by Crippen LogP contribution is -2.35. The Kier molecular flexibility index (Phi) is 3.91. The molecule has 1 heterocycles. The van der Waals surface area contributed by atoms with E-state index in [1.54, 1.807) is 31.4 Å². The maximum absolute atomic E-state index is 11.5. The number of aromatic nitrogens is 2. The van der Waals surface area contributed by atoms with Crippen molar-refractivity contribution in [2.24, 2.45) is 5.73 Å². The van der Waals surface area contributed by atoms with Crippen molar-refractivity contribution in [3.05, 3.63) is 24.3 Å². The number of hydrogen-bond donors (Lipinski definition) is 1. The van der Waals surface area contributed by atoms with Crippen molar-refractivity contribution in [2.75, 3.05) is 12.9 Å². The minimum Gasteiger partial charge on any atom is -0.538 e. The SMILES string of the molecule is COc1ccc(-[n+]2noc([O-])c2SCC(N)=O)cc1. The molecule has 0 aliphatic heterocycles. The molecule has 0 bridgehead atoms. The van der Waals surface area contributed by atoms with Gasteiger partial charge < -0.3 is 20.1 Å². The first-order valence-electron chi connectivity index (χ1n) is 5.26. The van der Waals surface area contributed by atoms with E-state index in [0.29, 0.717) is 11.4 Å². The van der Waals surface area contributed by atoms with Crippen LogP contribution in [0.15, 0.2) is 33.8 Å². The molecule has 1 aromatic carbocycles. The summed E-state index contributed by atoms with van der Waals surface area (Å²) in [5, 5.41) is 15.3. The molecule has 1 amide bonds. The van der Waals surface area contributed by atoms with Gasteiger partial charge in [0.25, 0.3) is 5.03 Å². The molecule has 0 saturated heterocycles. The average Bonchev–Trinajstić information content (AvgIpc) is 2.78. The number of ether oxygens (including phenoxy) is 1. The molecule has 0 aliphatic rings. The summed E-state index contributed by atoms with van der Waals surface area (Å²) in [7, 11) is 1.56. The van der Waals surface area contributed by atoms with Gasteiger partial charge in [0, 0.05) is 12.1 Å². The van der Waals surface area contributed by atoms with Crippen LogP contribution in [0.25, 0.3) is 5.69 Å². The van der Waals surface area contributed by atoms with Crippen LogP contribution >= 0.6 is 11.8 Å². The van der Waals surface area contributed by atoms with Crippen molar-refractivity contribution in [1.29, 1.82) is 0 Å². The molecule has 0 saturated carbocycles. The molecule has 0 spiro atoms. The molecule has 1 aromatic heterocycles. The quantitative estimate of drug-likeness (QED) is 0.591. The van der Waals surface area contributed by atoms with Crippen LogP contribution in [0.5, 0.6) is 11.7 Å². The van der Waals surface area contributed by atoms with E-state index in [0.717, 1.165) is 11.8 Å². The number of rotatable bonds is 5. The normalized spacial score (nSPS) is 10.4. The fraction of sp³-hybridized carbons (Fsp3) is 0.182. The van der Waals surface area contributed by atoms with E-state index >= 15 is 0 Å². The van der Waals surface area contributed by atoms with E-state index in [9.17, 15) is 9.90 Å². The number of thioether (sulfide) groups is 1. The van der Waals surface area contributed by atoms with Gasteiger partial charge in [-0.1, -0.05) is 0 Å². The Morgan fingerprint density at radius 3 is 2.79 bits per heavy atom. The summed E-state index contributed by atoms with van der Waals surface area (Å²) in [5.41, 5.74) is 5.67. The summed E-state index contributed by atoms with van der Waals surface area (Å²) >= 11 is 0.982. The molecule has 100 valence electrons. The minimum atomic E-state index is -0.609. The summed E-state index contributed by atoms with van der Waals surface area (Å²) in [4.78, 5) is 10.8. The molecule has 19 heavy (non-hydrogen) atoms. The predicted octanol–water partition coefficient (Wildman–Crippen LogP) is -0.389. The van der Waals surface area contributed by atoms with Crippen molar-refractivity contribution in [3.63, 3.8) is 0 Å². The van der Waals surface area contributed by atoms with Gasteiger partial charge in [0.05, 0.1) is 18.1 Å². The van der Waals surface area contributed by atoms with E-state index in [4.69, 9.17) is 10.5 Å². The van der Waals surface area contributed by atoms with Gasteiger partial charge in [-0.05, 0) is 28.6 Å². The number of benzene rings is 1. The lowest BCUT2D eigenvalue weighted by molar-refractivity contribution is -0.705. The Hall–Kier alpha value is -2.22. The number of primary amides is 1. The van der Waals surface area contributed by atoms with Crippen LogP contribution in [-0.2, 0) is 4.79 Å². The van der Waals surface area contributed by atoms with Crippen molar-refractivity contribution in [3.8, 4) is 17.4 Å². The lowest BCUT2D eigenvalue weighted by Gasteiger charge is -1.98. The highest BCUT2D eigenvalue weighted by molar-refractivity contribution is 7.99. The third kappa shape index (κ3) is 2.97. The fourth-order valence-electron chi connectivity index (χ4n) is 1.39. The molecule has 0 fully saturated rings. The topological polar surface area (TPSA) is 105 Å². The predicted molar refractivity (Wildman–Crippen MR) is 64.0 cm³/mol. The van der Waals surface area contributed by atoms with E-state index < -0.39 is 11.9 Å². The first kappa shape index (κ1) is 13.2. The van der Waals surface area contributed by atoms with Crippen LogP contribution < -0.4 is 20.3 Å². The molecule has 0 atom stereocenters. The molecule has 8 heteroatoms. The zero-order valence-electron chi connectivity index (χ0n) is 10.0. The number of nitrogens with two attached hydrogens (primary N) is 1. The van der Waals surface area contributed by atoms with Gasteiger partial charge in [0.15, 0.2) is 5.95 Å². The van der Waals surface area contributed by atoms with Crippen LogP contribution in [0.3, 0.4) is 0 Å². The van der Waals surface area contributed by atoms with Crippen LogP contribution in [0, 0.1) is 0 Å². The van der Waals surface area contributed by atoms with Gasteiger partial charge in [-0.2, -0.15) is 0 Å². The largest absolute Gasteiger partial charge is 0.538 e. The van der Waals surface area contributed by atoms with E-state index in [1.165, 1.54) is 4.68 Å². The highest BCUT2D eigenvalue weighted by Gasteiger charge is 2.21. The van der Waals surface area contributed by atoms with Gasteiger partial charge >= 0.3 is 0 Å². The second kappa shape index (κ2) is 5.61. The Morgan fingerprint density at radius 2 is 2.21 bits per heavy atom. The molecule has 0 radical (unpaired) electrons. The maximum Gasteiger partial charge on any atom is 0.298 e. The van der Waals surface area contributed by atoms with Gasteiger partial charge in [-0.25, -0.2) is 0 Å². The van der Waals surface area contributed by atoms with Gasteiger partial charge in [0.1, 0.15) is 5.75 Å². The van der Waals surface area contributed by atoms with E-state index in [1.807, 2.05) is 0 Å². The zero-order chi connectivity index (χ0) is 13.8. The molecule has 7 nitrogen and oxygen atoms in total. The summed E-state index contributed by atoms with van der Waals surface area (Å²) in [6.45, 7) is 0. The number of carbonyl (C=O) groups is 1. The monoisotopic (exact) mass is 281 g/mol. The average molecular weight is 281 g/mol. The summed E-state index contributed by atoms with van der Waals surface area (Å²) in [5.74, 6) is -0.470. The number of carbonyl (C=O) groups excluding carboxylic acids is 1. The lowest BCUT2D eigenvalue weighted by atomic mass is 10.3. The van der Waals surface area contributed by atoms with Crippen molar-refractivity contribution in [1.82, 2.24) is 5.27 Å². The summed E-state index contributed by atoms with van der Waals surface area (Å²) in [6.07, 6.45) is 0. The molecular formula is C11H11N3O4S. The summed E-state index contributed by atoms with van der Waals surface area (Å²) < 4.78 is 10.9. The van der Waals surface area contributed by atoms with E-state index in [2.05, 4.69) is 9.79 Å².